The summed E-state index contributed by atoms with van der Waals surface area (Å²) in [5, 5.41) is 0. The summed E-state index contributed by atoms with van der Waals surface area (Å²) in [6.45, 7) is 1.03. The van der Waals surface area contributed by atoms with Crippen molar-refractivity contribution in [2.75, 3.05) is 33.2 Å². The molecule has 18 heavy (non-hydrogen) atoms. The number of rotatable bonds is 7. The van der Waals surface area contributed by atoms with E-state index in [9.17, 15) is 4.79 Å². The lowest BCUT2D eigenvalue weighted by atomic mass is 10.1. The van der Waals surface area contributed by atoms with E-state index in [1.807, 2.05) is 0 Å². The molecule has 1 aromatic rings. The number of para-hydroxylation sites is 1. The van der Waals surface area contributed by atoms with Gasteiger partial charge in [0.15, 0.2) is 0 Å². The van der Waals surface area contributed by atoms with Crippen LogP contribution < -0.4 is 10.5 Å². The molecule has 0 aliphatic carbocycles. The van der Waals surface area contributed by atoms with Crippen molar-refractivity contribution in [1.29, 1.82) is 0 Å². The maximum atomic E-state index is 11.8. The van der Waals surface area contributed by atoms with Crippen LogP contribution in [0, 0.1) is 0 Å². The van der Waals surface area contributed by atoms with Crippen LogP contribution in [0.1, 0.15) is 23.2 Å². The number of carbonyl (C=O) groups excluding carboxylic acids is 1. The Bertz CT molecular complexity index is 393. The molecule has 0 radical (unpaired) electrons. The fourth-order valence-electron chi connectivity index (χ4n) is 1.49. The Morgan fingerprint density at radius 3 is 2.61 bits per heavy atom. The largest absolute Gasteiger partial charge is 0.495 e. The molecule has 5 heteroatoms. The monoisotopic (exact) mass is 253 g/mol. The molecule has 0 spiro atoms. The molecule has 0 aliphatic rings. The zero-order valence-electron chi connectivity index (χ0n) is 10.8. The van der Waals surface area contributed by atoms with E-state index < -0.39 is 5.97 Å². The predicted molar refractivity (Wildman–Crippen MR) is 68.8 cm³/mol. The Morgan fingerprint density at radius 1 is 1.22 bits per heavy atom. The average Bonchev–Trinajstić information content (AvgIpc) is 2.38. The highest BCUT2D eigenvalue weighted by atomic mass is 16.5. The zero-order chi connectivity index (χ0) is 13.4. The first-order valence-corrected chi connectivity index (χ1v) is 5.79. The van der Waals surface area contributed by atoms with Crippen LogP contribution in [0.4, 0.5) is 5.69 Å². The Morgan fingerprint density at radius 2 is 1.94 bits per heavy atom. The molecule has 5 nitrogen and oxygen atoms in total. The summed E-state index contributed by atoms with van der Waals surface area (Å²) >= 11 is 0. The van der Waals surface area contributed by atoms with Crippen molar-refractivity contribution < 1.29 is 19.0 Å². The molecule has 0 fully saturated rings. The third-order valence-corrected chi connectivity index (χ3v) is 2.48. The smallest absolute Gasteiger partial charge is 0.340 e. The number of ether oxygens (including phenoxy) is 3. The molecule has 0 aromatic heterocycles. The molecule has 0 bridgehead atoms. The number of benzene rings is 1. The summed E-state index contributed by atoms with van der Waals surface area (Å²) in [5.74, 6) is 0.0487. The summed E-state index contributed by atoms with van der Waals surface area (Å²) in [6, 6.07) is 5.02. The Labute approximate surface area is 107 Å². The van der Waals surface area contributed by atoms with Gasteiger partial charge in [-0.1, -0.05) is 6.07 Å². The Kier molecular flexibility index (Phi) is 6.00. The van der Waals surface area contributed by atoms with Gasteiger partial charge in [0.25, 0.3) is 0 Å². The quantitative estimate of drug-likeness (QED) is 0.456. The first-order chi connectivity index (χ1) is 8.70. The van der Waals surface area contributed by atoms with Crippen molar-refractivity contribution in [2.24, 2.45) is 0 Å². The van der Waals surface area contributed by atoms with E-state index in [0.717, 1.165) is 12.8 Å². The lowest BCUT2D eigenvalue weighted by molar-refractivity contribution is 0.0490. The van der Waals surface area contributed by atoms with Crippen molar-refractivity contribution in [3.8, 4) is 5.75 Å². The summed E-state index contributed by atoms with van der Waals surface area (Å²) in [5.41, 5.74) is 6.44. The normalized spacial score (nSPS) is 10.1. The number of nitrogen functional groups attached to an aromatic ring is 1. The van der Waals surface area contributed by atoms with Gasteiger partial charge in [0.05, 0.1) is 25.0 Å². The number of hydrogen-bond donors (Lipinski definition) is 1. The molecule has 0 atom stereocenters. The maximum absolute atomic E-state index is 11.8. The molecule has 0 aliphatic heterocycles. The lowest BCUT2D eigenvalue weighted by Crippen LogP contribution is -2.10. The van der Waals surface area contributed by atoms with E-state index in [-0.39, 0.29) is 0 Å². The minimum atomic E-state index is -0.427. The van der Waals surface area contributed by atoms with E-state index in [0.29, 0.717) is 30.2 Å². The first kappa shape index (κ1) is 14.3. The Balaban J connectivity index is 2.51. The standard InChI is InChI=1S/C13H19NO4/c1-16-8-3-4-9-18-13(15)10-6-5-7-11(17-2)12(10)14/h5-7H,3-4,8-9,14H2,1-2H3. The van der Waals surface area contributed by atoms with Crippen molar-refractivity contribution in [1.82, 2.24) is 0 Å². The van der Waals surface area contributed by atoms with Gasteiger partial charge in [0.1, 0.15) is 5.75 Å². The van der Waals surface area contributed by atoms with Crippen molar-refractivity contribution in [3.63, 3.8) is 0 Å². The minimum absolute atomic E-state index is 0.307. The topological polar surface area (TPSA) is 70.8 Å². The number of esters is 1. The maximum Gasteiger partial charge on any atom is 0.340 e. The molecule has 100 valence electrons. The van der Waals surface area contributed by atoms with Gasteiger partial charge in [-0.05, 0) is 25.0 Å². The van der Waals surface area contributed by atoms with Crippen LogP contribution in [-0.4, -0.2) is 33.4 Å². The molecule has 0 saturated carbocycles. The molecule has 1 rings (SSSR count). The summed E-state index contributed by atoms with van der Waals surface area (Å²) < 4.78 is 15.1. The van der Waals surface area contributed by atoms with Crippen LogP contribution in [0.2, 0.25) is 0 Å². The number of carbonyl (C=O) groups is 1. The molecular weight excluding hydrogens is 234 g/mol. The SMILES string of the molecule is COCCCCOC(=O)c1cccc(OC)c1N. The number of unbranched alkanes of at least 4 members (excludes halogenated alkanes) is 1. The highest BCUT2D eigenvalue weighted by Crippen LogP contribution is 2.25. The first-order valence-electron chi connectivity index (χ1n) is 5.79. The van der Waals surface area contributed by atoms with E-state index >= 15 is 0 Å². The van der Waals surface area contributed by atoms with Gasteiger partial charge in [-0.3, -0.25) is 0 Å². The van der Waals surface area contributed by atoms with Crippen LogP contribution in [-0.2, 0) is 9.47 Å². The summed E-state index contributed by atoms with van der Waals surface area (Å²) in [7, 11) is 3.15. The molecule has 0 heterocycles. The fraction of sp³-hybridized carbons (Fsp3) is 0.462. The van der Waals surface area contributed by atoms with E-state index in [1.54, 1.807) is 25.3 Å². The second-order valence-electron chi connectivity index (χ2n) is 3.76. The van der Waals surface area contributed by atoms with Crippen LogP contribution >= 0.6 is 0 Å². The van der Waals surface area contributed by atoms with E-state index in [2.05, 4.69) is 0 Å². The second kappa shape index (κ2) is 7.55. The molecule has 0 amide bonds. The van der Waals surface area contributed by atoms with Crippen molar-refractivity contribution >= 4 is 11.7 Å². The predicted octanol–water partition coefficient (Wildman–Crippen LogP) is 1.86. The van der Waals surface area contributed by atoms with Gasteiger partial charge in [-0.15, -0.1) is 0 Å². The summed E-state index contributed by atoms with van der Waals surface area (Å²) in [6.07, 6.45) is 1.63. The number of nitrogens with two attached hydrogens (primary N) is 1. The number of hydrogen-bond acceptors (Lipinski definition) is 5. The van der Waals surface area contributed by atoms with Gasteiger partial charge in [-0.2, -0.15) is 0 Å². The number of methoxy groups -OCH3 is 2. The minimum Gasteiger partial charge on any atom is -0.495 e. The van der Waals surface area contributed by atoms with Crippen LogP contribution in [0.25, 0.3) is 0 Å². The van der Waals surface area contributed by atoms with Crippen molar-refractivity contribution in [3.05, 3.63) is 23.8 Å². The van der Waals surface area contributed by atoms with Crippen LogP contribution in [0.3, 0.4) is 0 Å². The molecule has 1 aromatic carbocycles. The van der Waals surface area contributed by atoms with Gasteiger partial charge in [0, 0.05) is 13.7 Å². The highest BCUT2D eigenvalue weighted by molar-refractivity contribution is 5.96. The van der Waals surface area contributed by atoms with Crippen molar-refractivity contribution in [2.45, 2.75) is 12.8 Å². The molecular formula is C13H19NO4. The highest BCUT2D eigenvalue weighted by Gasteiger charge is 2.13. The van der Waals surface area contributed by atoms with Crippen LogP contribution in [0.15, 0.2) is 18.2 Å². The van der Waals surface area contributed by atoms with E-state index in [1.165, 1.54) is 7.11 Å². The Hall–Kier alpha value is -1.75. The molecule has 0 saturated heterocycles. The second-order valence-corrected chi connectivity index (χ2v) is 3.76. The zero-order valence-corrected chi connectivity index (χ0v) is 10.8. The third-order valence-electron chi connectivity index (χ3n) is 2.48. The lowest BCUT2D eigenvalue weighted by Gasteiger charge is -2.09. The third kappa shape index (κ3) is 3.92. The summed E-state index contributed by atoms with van der Waals surface area (Å²) in [4.78, 5) is 11.8. The van der Waals surface area contributed by atoms with Gasteiger partial charge >= 0.3 is 5.97 Å². The van der Waals surface area contributed by atoms with Crippen LogP contribution in [0.5, 0.6) is 5.75 Å². The van der Waals surface area contributed by atoms with E-state index in [4.69, 9.17) is 19.9 Å². The number of anilines is 1. The van der Waals surface area contributed by atoms with Gasteiger partial charge in [-0.25, -0.2) is 4.79 Å². The average molecular weight is 253 g/mol. The van der Waals surface area contributed by atoms with Gasteiger partial charge < -0.3 is 19.9 Å². The molecule has 2 N–H and O–H groups in total. The fourth-order valence-corrected chi connectivity index (χ4v) is 1.49. The molecule has 0 unspecified atom stereocenters. The van der Waals surface area contributed by atoms with Gasteiger partial charge in [0.2, 0.25) is 0 Å².